The van der Waals surface area contributed by atoms with Crippen LogP contribution < -0.4 is 5.32 Å². The van der Waals surface area contributed by atoms with Gasteiger partial charge in [-0.3, -0.25) is 14.5 Å². The highest BCUT2D eigenvalue weighted by Gasteiger charge is 2.13. The van der Waals surface area contributed by atoms with E-state index in [9.17, 15) is 4.79 Å². The highest BCUT2D eigenvalue weighted by molar-refractivity contribution is 9.10. The topological polar surface area (TPSA) is 59.8 Å². The number of pyridine rings is 1. The molecular weight excluding hydrogens is 380 g/mol. The number of halogens is 1. The molecule has 25 heavy (non-hydrogen) atoms. The Morgan fingerprint density at radius 3 is 2.68 bits per heavy atom. The Hall–Kier alpha value is -2.47. The van der Waals surface area contributed by atoms with E-state index in [-0.39, 0.29) is 5.91 Å². The average molecular weight is 399 g/mol. The summed E-state index contributed by atoms with van der Waals surface area (Å²) >= 11 is 3.32. The Labute approximate surface area is 155 Å². The van der Waals surface area contributed by atoms with Gasteiger partial charge in [-0.15, -0.1) is 0 Å². The van der Waals surface area contributed by atoms with Crippen LogP contribution in [0.4, 0.5) is 0 Å². The van der Waals surface area contributed by atoms with E-state index in [0.717, 1.165) is 27.0 Å². The number of carbonyl (C=O) groups is 1. The molecule has 0 bridgehead atoms. The van der Waals surface area contributed by atoms with E-state index in [1.54, 1.807) is 18.5 Å². The van der Waals surface area contributed by atoms with Gasteiger partial charge in [0.2, 0.25) is 0 Å². The molecule has 0 fully saturated rings. The number of hydrogen-bond acceptors (Lipinski definition) is 3. The van der Waals surface area contributed by atoms with Gasteiger partial charge in [0.25, 0.3) is 5.91 Å². The Morgan fingerprint density at radius 1 is 1.20 bits per heavy atom. The lowest BCUT2D eigenvalue weighted by atomic mass is 10.0. The monoisotopic (exact) mass is 398 g/mol. The SMILES string of the molecule is Cc1nn(CCNC(=O)c2cncc(Br)c2)c(C)c1-c1ccccc1. The maximum Gasteiger partial charge on any atom is 0.252 e. The van der Waals surface area contributed by atoms with Crippen LogP contribution in [0.25, 0.3) is 11.1 Å². The molecular formula is C19H19BrN4O. The minimum atomic E-state index is -0.140. The fourth-order valence-corrected chi connectivity index (χ4v) is 3.22. The molecule has 0 unspecified atom stereocenters. The van der Waals surface area contributed by atoms with Gasteiger partial charge in [-0.25, -0.2) is 0 Å². The molecule has 3 rings (SSSR count). The van der Waals surface area contributed by atoms with Crippen LogP contribution in [0.3, 0.4) is 0 Å². The number of aryl methyl sites for hydroxylation is 1. The molecule has 0 atom stereocenters. The number of rotatable bonds is 5. The van der Waals surface area contributed by atoms with E-state index < -0.39 is 0 Å². The van der Waals surface area contributed by atoms with Crippen LogP contribution in [0, 0.1) is 13.8 Å². The Bertz CT molecular complexity index is 890. The van der Waals surface area contributed by atoms with Gasteiger partial charge in [0, 0.05) is 34.7 Å². The molecule has 0 aliphatic carbocycles. The fraction of sp³-hybridized carbons (Fsp3) is 0.211. The van der Waals surface area contributed by atoms with Gasteiger partial charge in [-0.1, -0.05) is 30.3 Å². The van der Waals surface area contributed by atoms with Gasteiger partial charge >= 0.3 is 0 Å². The molecule has 1 N–H and O–H groups in total. The van der Waals surface area contributed by atoms with Crippen molar-refractivity contribution in [1.29, 1.82) is 0 Å². The second-order valence-electron chi connectivity index (χ2n) is 5.78. The Balaban J connectivity index is 1.67. The van der Waals surface area contributed by atoms with Gasteiger partial charge in [0.15, 0.2) is 0 Å². The normalized spacial score (nSPS) is 10.7. The molecule has 128 valence electrons. The van der Waals surface area contributed by atoms with Crippen LogP contribution in [0.5, 0.6) is 0 Å². The molecule has 0 aliphatic rings. The van der Waals surface area contributed by atoms with Gasteiger partial charge in [-0.2, -0.15) is 5.10 Å². The molecule has 2 aromatic heterocycles. The first kappa shape index (κ1) is 17.4. The molecule has 3 aromatic rings. The first-order valence-corrected chi connectivity index (χ1v) is 8.83. The summed E-state index contributed by atoms with van der Waals surface area (Å²) in [4.78, 5) is 16.2. The Kier molecular flexibility index (Phi) is 5.28. The maximum atomic E-state index is 12.2. The number of nitrogens with one attached hydrogen (secondary N) is 1. The van der Waals surface area contributed by atoms with Crippen molar-refractivity contribution >= 4 is 21.8 Å². The molecule has 2 heterocycles. The lowest BCUT2D eigenvalue weighted by molar-refractivity contribution is 0.0951. The third-order valence-electron chi connectivity index (χ3n) is 4.02. The third-order valence-corrected chi connectivity index (χ3v) is 4.45. The van der Waals surface area contributed by atoms with Gasteiger partial charge < -0.3 is 5.32 Å². The van der Waals surface area contributed by atoms with E-state index in [4.69, 9.17) is 0 Å². The molecule has 0 saturated heterocycles. The smallest absolute Gasteiger partial charge is 0.252 e. The summed E-state index contributed by atoms with van der Waals surface area (Å²) in [5.74, 6) is -0.140. The predicted octanol–water partition coefficient (Wildman–Crippen LogP) is 3.75. The van der Waals surface area contributed by atoms with Crippen molar-refractivity contribution in [2.45, 2.75) is 20.4 Å². The summed E-state index contributed by atoms with van der Waals surface area (Å²) < 4.78 is 2.73. The lowest BCUT2D eigenvalue weighted by Gasteiger charge is -2.08. The molecule has 5 nitrogen and oxygen atoms in total. The molecule has 0 saturated carbocycles. The molecule has 1 aromatic carbocycles. The second kappa shape index (κ2) is 7.61. The van der Waals surface area contributed by atoms with Crippen LogP contribution in [-0.2, 0) is 6.54 Å². The van der Waals surface area contributed by atoms with Crippen molar-refractivity contribution < 1.29 is 4.79 Å². The summed E-state index contributed by atoms with van der Waals surface area (Å²) in [5.41, 5.74) is 4.94. The standard InChI is InChI=1S/C19H19BrN4O/c1-13-18(15-6-4-3-5-7-15)14(2)24(23-13)9-8-22-19(25)16-10-17(20)12-21-11-16/h3-7,10-12H,8-9H2,1-2H3,(H,22,25). The van der Waals surface area contributed by atoms with Gasteiger partial charge in [0.05, 0.1) is 17.8 Å². The van der Waals surface area contributed by atoms with Crippen molar-refractivity contribution in [3.05, 3.63) is 70.2 Å². The van der Waals surface area contributed by atoms with Gasteiger partial charge in [0.1, 0.15) is 0 Å². The van der Waals surface area contributed by atoms with Crippen LogP contribution in [0.1, 0.15) is 21.7 Å². The summed E-state index contributed by atoms with van der Waals surface area (Å²) in [6, 6.07) is 12.0. The number of aromatic nitrogens is 3. The predicted molar refractivity (Wildman–Crippen MR) is 101 cm³/mol. The molecule has 0 radical (unpaired) electrons. The number of nitrogens with zero attached hydrogens (tertiary/aromatic N) is 3. The van der Waals surface area contributed by atoms with Crippen molar-refractivity contribution in [3.63, 3.8) is 0 Å². The summed E-state index contributed by atoms with van der Waals surface area (Å²) in [5, 5.41) is 7.53. The molecule has 0 spiro atoms. The number of carbonyl (C=O) groups excluding carboxylic acids is 1. The van der Waals surface area contributed by atoms with Crippen molar-refractivity contribution in [3.8, 4) is 11.1 Å². The zero-order chi connectivity index (χ0) is 17.8. The average Bonchev–Trinajstić information content (AvgIpc) is 2.89. The van der Waals surface area contributed by atoms with Crippen LogP contribution >= 0.6 is 15.9 Å². The quantitative estimate of drug-likeness (QED) is 0.711. The van der Waals surface area contributed by atoms with Crippen molar-refractivity contribution in [2.24, 2.45) is 0 Å². The van der Waals surface area contributed by atoms with Gasteiger partial charge in [-0.05, 0) is 41.4 Å². The first-order chi connectivity index (χ1) is 12.1. The van der Waals surface area contributed by atoms with E-state index in [1.807, 2.05) is 29.8 Å². The van der Waals surface area contributed by atoms with E-state index in [1.165, 1.54) is 0 Å². The zero-order valence-corrected chi connectivity index (χ0v) is 15.7. The lowest BCUT2D eigenvalue weighted by Crippen LogP contribution is -2.27. The zero-order valence-electron chi connectivity index (χ0n) is 14.2. The Morgan fingerprint density at radius 2 is 1.96 bits per heavy atom. The van der Waals surface area contributed by atoms with E-state index >= 15 is 0 Å². The van der Waals surface area contributed by atoms with E-state index in [2.05, 4.69) is 50.4 Å². The summed E-state index contributed by atoms with van der Waals surface area (Å²) in [6.07, 6.45) is 3.20. The minimum absolute atomic E-state index is 0.140. The van der Waals surface area contributed by atoms with Crippen LogP contribution in [0.15, 0.2) is 53.3 Å². The van der Waals surface area contributed by atoms with Crippen LogP contribution in [0.2, 0.25) is 0 Å². The molecule has 1 amide bonds. The van der Waals surface area contributed by atoms with Crippen molar-refractivity contribution in [2.75, 3.05) is 6.54 Å². The highest BCUT2D eigenvalue weighted by atomic mass is 79.9. The molecule has 6 heteroatoms. The fourth-order valence-electron chi connectivity index (χ4n) is 2.85. The first-order valence-electron chi connectivity index (χ1n) is 8.04. The number of benzene rings is 1. The maximum absolute atomic E-state index is 12.2. The minimum Gasteiger partial charge on any atom is -0.350 e. The third kappa shape index (κ3) is 3.96. The second-order valence-corrected chi connectivity index (χ2v) is 6.70. The summed E-state index contributed by atoms with van der Waals surface area (Å²) in [6.45, 7) is 5.19. The molecule has 0 aliphatic heterocycles. The largest absolute Gasteiger partial charge is 0.350 e. The highest BCUT2D eigenvalue weighted by Crippen LogP contribution is 2.26. The van der Waals surface area contributed by atoms with Crippen LogP contribution in [-0.4, -0.2) is 27.2 Å². The number of amides is 1. The number of hydrogen-bond donors (Lipinski definition) is 1. The summed E-state index contributed by atoms with van der Waals surface area (Å²) in [7, 11) is 0. The van der Waals surface area contributed by atoms with Crippen molar-refractivity contribution in [1.82, 2.24) is 20.1 Å². The van der Waals surface area contributed by atoms with E-state index in [0.29, 0.717) is 18.7 Å².